The number of halogens is 4. The van der Waals surface area contributed by atoms with Crippen molar-refractivity contribution in [1.82, 2.24) is 0 Å². The molecule has 0 fully saturated rings. The van der Waals surface area contributed by atoms with E-state index in [1.165, 1.54) is 36.4 Å². The summed E-state index contributed by atoms with van der Waals surface area (Å²) in [5.41, 5.74) is 0.571. The molecule has 2 rings (SSSR count). The SMILES string of the molecule is CS(=O)(=O)N(CC(=O)Nc1cc(Cl)cc(Cl)c1)c1ccc(Cl)c(Cl)c1. The predicted molar refractivity (Wildman–Crippen MR) is 104 cm³/mol. The molecule has 10 heteroatoms. The Morgan fingerprint density at radius 2 is 1.60 bits per heavy atom. The molecule has 5 nitrogen and oxygen atoms in total. The van der Waals surface area contributed by atoms with Gasteiger partial charge < -0.3 is 5.32 Å². The maximum absolute atomic E-state index is 12.3. The van der Waals surface area contributed by atoms with Crippen LogP contribution in [0.3, 0.4) is 0 Å². The van der Waals surface area contributed by atoms with Crippen LogP contribution in [-0.4, -0.2) is 27.1 Å². The van der Waals surface area contributed by atoms with Crippen molar-refractivity contribution in [2.75, 3.05) is 22.4 Å². The molecule has 0 saturated carbocycles. The predicted octanol–water partition coefficient (Wildman–Crippen LogP) is 4.70. The standard InChI is InChI=1S/C15H12Cl4N2O3S/c1-25(23,24)21(12-2-3-13(18)14(19)7-12)8-15(22)20-11-5-9(16)4-10(17)6-11/h2-7H,8H2,1H3,(H,20,22). The number of carbonyl (C=O) groups excluding carboxylic acids is 1. The average Bonchev–Trinajstić information content (AvgIpc) is 2.45. The van der Waals surface area contributed by atoms with Crippen molar-refractivity contribution in [1.29, 1.82) is 0 Å². The Kier molecular flexibility index (Phi) is 6.45. The minimum Gasteiger partial charge on any atom is -0.324 e. The third-order valence-electron chi connectivity index (χ3n) is 3.03. The Hall–Kier alpha value is -1.18. The first-order chi connectivity index (χ1) is 11.6. The molecule has 0 bridgehead atoms. The number of nitrogens with zero attached hydrogens (tertiary/aromatic N) is 1. The van der Waals surface area contributed by atoms with Crippen molar-refractivity contribution in [3.8, 4) is 0 Å². The molecule has 0 aliphatic rings. The molecule has 0 radical (unpaired) electrons. The fourth-order valence-electron chi connectivity index (χ4n) is 2.00. The zero-order chi connectivity index (χ0) is 18.8. The number of nitrogens with one attached hydrogen (secondary N) is 1. The van der Waals surface area contributed by atoms with Crippen LogP contribution in [0.15, 0.2) is 36.4 Å². The van der Waals surface area contributed by atoms with E-state index in [2.05, 4.69) is 5.32 Å². The summed E-state index contributed by atoms with van der Waals surface area (Å²) in [6.07, 6.45) is 0.985. The van der Waals surface area contributed by atoms with Gasteiger partial charge in [-0.15, -0.1) is 0 Å². The van der Waals surface area contributed by atoms with Gasteiger partial charge in [0.2, 0.25) is 15.9 Å². The molecule has 0 atom stereocenters. The maximum Gasteiger partial charge on any atom is 0.245 e. The minimum atomic E-state index is -3.73. The lowest BCUT2D eigenvalue weighted by Gasteiger charge is -2.22. The van der Waals surface area contributed by atoms with Crippen LogP contribution in [0.2, 0.25) is 20.1 Å². The van der Waals surface area contributed by atoms with E-state index in [4.69, 9.17) is 46.4 Å². The van der Waals surface area contributed by atoms with Gasteiger partial charge in [-0.1, -0.05) is 46.4 Å². The molecule has 2 aromatic rings. The Labute approximate surface area is 165 Å². The van der Waals surface area contributed by atoms with Crippen molar-refractivity contribution in [2.45, 2.75) is 0 Å². The van der Waals surface area contributed by atoms with Crippen molar-refractivity contribution in [2.24, 2.45) is 0 Å². The number of sulfonamides is 1. The summed E-state index contributed by atoms with van der Waals surface area (Å²) >= 11 is 23.5. The monoisotopic (exact) mass is 440 g/mol. The van der Waals surface area contributed by atoms with Crippen LogP contribution in [0.5, 0.6) is 0 Å². The van der Waals surface area contributed by atoms with Gasteiger partial charge in [-0.25, -0.2) is 8.42 Å². The first kappa shape index (κ1) is 20.1. The second-order valence-corrected chi connectivity index (χ2v) is 8.67. The van der Waals surface area contributed by atoms with Gasteiger partial charge in [0, 0.05) is 15.7 Å². The second kappa shape index (κ2) is 8.01. The van der Waals surface area contributed by atoms with E-state index in [1.54, 1.807) is 0 Å². The number of benzene rings is 2. The van der Waals surface area contributed by atoms with Gasteiger partial charge in [0.05, 0.1) is 22.0 Å². The van der Waals surface area contributed by atoms with E-state index >= 15 is 0 Å². The summed E-state index contributed by atoms with van der Waals surface area (Å²) in [5.74, 6) is -0.574. The van der Waals surface area contributed by atoms with E-state index in [0.717, 1.165) is 10.6 Å². The quantitative estimate of drug-likeness (QED) is 0.730. The Balaban J connectivity index is 2.25. The highest BCUT2D eigenvalue weighted by Gasteiger charge is 2.21. The molecule has 1 N–H and O–H groups in total. The molecule has 0 heterocycles. The number of carbonyl (C=O) groups is 1. The van der Waals surface area contributed by atoms with Crippen molar-refractivity contribution >= 4 is 73.7 Å². The average molecular weight is 442 g/mol. The zero-order valence-electron chi connectivity index (χ0n) is 12.8. The second-order valence-electron chi connectivity index (χ2n) is 5.07. The summed E-state index contributed by atoms with van der Waals surface area (Å²) in [5, 5.41) is 3.68. The highest BCUT2D eigenvalue weighted by molar-refractivity contribution is 7.92. The summed E-state index contributed by atoms with van der Waals surface area (Å²) in [6, 6.07) is 8.78. The fraction of sp³-hybridized carbons (Fsp3) is 0.133. The van der Waals surface area contributed by atoms with Crippen LogP contribution in [0.25, 0.3) is 0 Å². The van der Waals surface area contributed by atoms with Crippen molar-refractivity contribution in [3.63, 3.8) is 0 Å². The van der Waals surface area contributed by atoms with Gasteiger partial charge in [0.1, 0.15) is 6.54 Å². The molecular formula is C15H12Cl4N2O3S. The molecule has 1 amide bonds. The summed E-state index contributed by atoms with van der Waals surface area (Å²) in [4.78, 5) is 12.3. The number of rotatable bonds is 5. The van der Waals surface area contributed by atoms with E-state index in [9.17, 15) is 13.2 Å². The Morgan fingerprint density at radius 1 is 1.00 bits per heavy atom. The summed E-state index contributed by atoms with van der Waals surface area (Å²) in [7, 11) is -3.73. The topological polar surface area (TPSA) is 66.5 Å². The minimum absolute atomic E-state index is 0.176. The van der Waals surface area contributed by atoms with E-state index in [-0.39, 0.29) is 15.7 Å². The number of hydrogen-bond acceptors (Lipinski definition) is 3. The van der Waals surface area contributed by atoms with Crippen molar-refractivity contribution in [3.05, 3.63) is 56.5 Å². The number of hydrogen-bond donors (Lipinski definition) is 1. The smallest absolute Gasteiger partial charge is 0.245 e. The summed E-state index contributed by atoms with van der Waals surface area (Å²) in [6.45, 7) is -0.457. The van der Waals surface area contributed by atoms with Crippen LogP contribution >= 0.6 is 46.4 Å². The van der Waals surface area contributed by atoms with Crippen LogP contribution < -0.4 is 9.62 Å². The third kappa shape index (κ3) is 5.66. The molecule has 0 saturated heterocycles. The molecule has 0 unspecified atom stereocenters. The van der Waals surface area contributed by atoms with Gasteiger partial charge in [0.15, 0.2) is 0 Å². The van der Waals surface area contributed by atoms with Crippen LogP contribution in [0.4, 0.5) is 11.4 Å². The first-order valence-electron chi connectivity index (χ1n) is 6.75. The largest absolute Gasteiger partial charge is 0.324 e. The highest BCUT2D eigenvalue weighted by Crippen LogP contribution is 2.28. The van der Waals surface area contributed by atoms with Crippen LogP contribution in [-0.2, 0) is 14.8 Å². The van der Waals surface area contributed by atoms with Gasteiger partial charge in [-0.05, 0) is 36.4 Å². The molecule has 0 spiro atoms. The summed E-state index contributed by atoms with van der Waals surface area (Å²) < 4.78 is 25.0. The van der Waals surface area contributed by atoms with Crippen LogP contribution in [0.1, 0.15) is 0 Å². The zero-order valence-corrected chi connectivity index (χ0v) is 16.6. The van der Waals surface area contributed by atoms with Crippen molar-refractivity contribution < 1.29 is 13.2 Å². The Morgan fingerprint density at radius 3 is 2.12 bits per heavy atom. The van der Waals surface area contributed by atoms with Crippen LogP contribution in [0, 0.1) is 0 Å². The molecule has 134 valence electrons. The van der Waals surface area contributed by atoms with E-state index in [1.807, 2.05) is 0 Å². The lowest BCUT2D eigenvalue weighted by atomic mass is 10.3. The van der Waals surface area contributed by atoms with Gasteiger partial charge in [-0.2, -0.15) is 0 Å². The normalized spacial score (nSPS) is 11.2. The molecule has 0 aliphatic heterocycles. The Bertz CT molecular complexity index is 899. The fourth-order valence-corrected chi connectivity index (χ4v) is 3.66. The highest BCUT2D eigenvalue weighted by atomic mass is 35.5. The lowest BCUT2D eigenvalue weighted by Crippen LogP contribution is -2.37. The van der Waals surface area contributed by atoms with E-state index < -0.39 is 22.5 Å². The van der Waals surface area contributed by atoms with E-state index in [0.29, 0.717) is 15.7 Å². The lowest BCUT2D eigenvalue weighted by molar-refractivity contribution is -0.114. The first-order valence-corrected chi connectivity index (χ1v) is 10.1. The van der Waals surface area contributed by atoms with Gasteiger partial charge in [-0.3, -0.25) is 9.10 Å². The molecule has 2 aromatic carbocycles. The number of amides is 1. The molecular weight excluding hydrogens is 430 g/mol. The third-order valence-corrected chi connectivity index (χ3v) is 5.34. The van der Waals surface area contributed by atoms with Gasteiger partial charge in [0.25, 0.3) is 0 Å². The molecule has 25 heavy (non-hydrogen) atoms. The maximum atomic E-state index is 12.3. The molecule has 0 aliphatic carbocycles. The number of anilines is 2. The molecule has 0 aromatic heterocycles. The van der Waals surface area contributed by atoms with Gasteiger partial charge >= 0.3 is 0 Å².